The second-order valence-corrected chi connectivity index (χ2v) is 13.2. The Kier molecular flexibility index (Phi) is 9.56. The van der Waals surface area contributed by atoms with Crippen molar-refractivity contribution in [2.45, 2.75) is 52.5 Å². The molecule has 0 saturated heterocycles. The van der Waals surface area contributed by atoms with Crippen molar-refractivity contribution in [3.05, 3.63) is 162 Å². The van der Waals surface area contributed by atoms with Gasteiger partial charge >= 0.3 is 0 Å². The minimum atomic E-state index is -0.0924. The Labute approximate surface area is 293 Å². The average Bonchev–Trinajstić information content (AvgIpc) is 3.13. The smallest absolute Gasteiger partial charge is 0.170 e. The molecule has 6 aromatic rings. The maximum Gasteiger partial charge on any atom is 0.170 e. The molecular formula is C43H41N3O4. The van der Waals surface area contributed by atoms with Crippen LogP contribution in [0.5, 0.6) is 34.5 Å². The first-order valence-electron chi connectivity index (χ1n) is 16.9. The van der Waals surface area contributed by atoms with Gasteiger partial charge in [0.1, 0.15) is 24.7 Å². The van der Waals surface area contributed by atoms with E-state index in [9.17, 15) is 0 Å². The summed E-state index contributed by atoms with van der Waals surface area (Å²) in [7, 11) is 0. The molecular weight excluding hydrogens is 622 g/mol. The third-order valence-corrected chi connectivity index (χ3v) is 8.52. The molecule has 5 aromatic carbocycles. The fourth-order valence-corrected chi connectivity index (χ4v) is 5.73. The molecule has 1 aliphatic heterocycles. The van der Waals surface area contributed by atoms with E-state index in [4.69, 9.17) is 23.9 Å². The van der Waals surface area contributed by atoms with Gasteiger partial charge in [-0.3, -0.25) is 4.98 Å². The van der Waals surface area contributed by atoms with Crippen LogP contribution in [0.4, 0.5) is 11.4 Å². The molecule has 1 aliphatic rings. The molecule has 2 N–H and O–H groups in total. The van der Waals surface area contributed by atoms with Crippen LogP contribution >= 0.6 is 0 Å². The summed E-state index contributed by atoms with van der Waals surface area (Å²) in [5, 5.41) is 7.15. The first kappa shape index (κ1) is 32.6. The van der Waals surface area contributed by atoms with Gasteiger partial charge in [0, 0.05) is 24.2 Å². The van der Waals surface area contributed by atoms with Gasteiger partial charge in [-0.2, -0.15) is 0 Å². The number of hydrogen-bond acceptors (Lipinski definition) is 7. The average molecular weight is 664 g/mol. The monoisotopic (exact) mass is 663 g/mol. The molecule has 7 heteroatoms. The number of hydrogen-bond donors (Lipinski definition) is 2. The van der Waals surface area contributed by atoms with Crippen LogP contribution in [0.25, 0.3) is 0 Å². The van der Waals surface area contributed by atoms with Gasteiger partial charge in [0.25, 0.3) is 0 Å². The summed E-state index contributed by atoms with van der Waals surface area (Å²) < 4.78 is 26.0. The highest BCUT2D eigenvalue weighted by molar-refractivity contribution is 5.62. The molecule has 0 fully saturated rings. The lowest BCUT2D eigenvalue weighted by Gasteiger charge is -2.22. The normalized spacial score (nSPS) is 13.3. The topological polar surface area (TPSA) is 73.9 Å². The number of pyridine rings is 1. The second kappa shape index (κ2) is 14.7. The Morgan fingerprint density at radius 1 is 0.480 bits per heavy atom. The standard InChI is InChI=1S/C43H41N3O4/c1-43(2,3)32-23-24-41-42(25-32)50-40-22-11-7-18-36(40)45-27-31-14-5-9-20-38(31)48-29-34-16-12-15-33(46-34)28-47-37-19-8-4-13-30(37)26-44-35-17-6-10-21-39(35)49-41/h4-25,44-45H,26-29H2,1-3H3. The van der Waals surface area contributed by atoms with Crippen molar-refractivity contribution in [3.8, 4) is 34.5 Å². The van der Waals surface area contributed by atoms with Crippen LogP contribution in [0.2, 0.25) is 0 Å². The van der Waals surface area contributed by atoms with Gasteiger partial charge in [0.05, 0.1) is 22.8 Å². The number of anilines is 2. The summed E-state index contributed by atoms with van der Waals surface area (Å²) in [5.74, 6) is 4.17. The fourth-order valence-electron chi connectivity index (χ4n) is 5.73. The number of aromatic nitrogens is 1. The molecule has 1 aromatic heterocycles. The number of para-hydroxylation sites is 6. The van der Waals surface area contributed by atoms with E-state index < -0.39 is 0 Å². The second-order valence-electron chi connectivity index (χ2n) is 13.2. The van der Waals surface area contributed by atoms with Crippen molar-refractivity contribution in [2.24, 2.45) is 0 Å². The summed E-state index contributed by atoms with van der Waals surface area (Å²) in [6, 6.07) is 44.1. The van der Waals surface area contributed by atoms with E-state index in [1.807, 2.05) is 109 Å². The van der Waals surface area contributed by atoms with Crippen LogP contribution in [-0.2, 0) is 31.7 Å². The molecule has 2 heterocycles. The van der Waals surface area contributed by atoms with Gasteiger partial charge in [-0.1, -0.05) is 93.6 Å². The molecule has 0 unspecified atom stereocenters. The van der Waals surface area contributed by atoms with Gasteiger partial charge in [0.2, 0.25) is 0 Å². The van der Waals surface area contributed by atoms with Crippen molar-refractivity contribution in [2.75, 3.05) is 10.6 Å². The van der Waals surface area contributed by atoms with E-state index in [-0.39, 0.29) is 5.41 Å². The third kappa shape index (κ3) is 7.84. The lowest BCUT2D eigenvalue weighted by atomic mass is 9.87. The predicted octanol–water partition coefficient (Wildman–Crippen LogP) is 10.7. The van der Waals surface area contributed by atoms with E-state index in [0.717, 1.165) is 51.0 Å². The summed E-state index contributed by atoms with van der Waals surface area (Å²) in [4.78, 5) is 4.83. The molecule has 0 aliphatic carbocycles. The van der Waals surface area contributed by atoms with Crippen LogP contribution in [-0.4, -0.2) is 4.98 Å². The molecule has 7 nitrogen and oxygen atoms in total. The third-order valence-electron chi connectivity index (χ3n) is 8.52. The quantitative estimate of drug-likeness (QED) is 0.168. The molecule has 2 bridgehead atoms. The van der Waals surface area contributed by atoms with E-state index in [1.165, 1.54) is 0 Å². The van der Waals surface area contributed by atoms with Crippen LogP contribution in [0.3, 0.4) is 0 Å². The van der Waals surface area contributed by atoms with E-state index in [0.29, 0.717) is 49.3 Å². The summed E-state index contributed by atoms with van der Waals surface area (Å²) in [6.45, 7) is 8.29. The van der Waals surface area contributed by atoms with Crippen LogP contribution in [0.1, 0.15) is 48.8 Å². The molecule has 50 heavy (non-hydrogen) atoms. The Bertz CT molecular complexity index is 2090. The molecule has 252 valence electrons. The largest absolute Gasteiger partial charge is 0.487 e. The number of benzene rings is 5. The van der Waals surface area contributed by atoms with E-state index >= 15 is 0 Å². The Morgan fingerprint density at radius 2 is 0.960 bits per heavy atom. The zero-order valence-electron chi connectivity index (χ0n) is 28.6. The van der Waals surface area contributed by atoms with E-state index in [2.05, 4.69) is 55.7 Å². The lowest BCUT2D eigenvalue weighted by Crippen LogP contribution is -2.11. The fraction of sp³-hybridized carbons (Fsp3) is 0.186. The first-order chi connectivity index (χ1) is 24.4. The molecule has 0 spiro atoms. The minimum Gasteiger partial charge on any atom is -0.487 e. The molecule has 7 rings (SSSR count). The molecule has 0 saturated carbocycles. The van der Waals surface area contributed by atoms with E-state index in [1.54, 1.807) is 0 Å². The van der Waals surface area contributed by atoms with Crippen molar-refractivity contribution >= 4 is 11.4 Å². The van der Waals surface area contributed by atoms with Crippen molar-refractivity contribution in [1.29, 1.82) is 0 Å². The summed E-state index contributed by atoms with van der Waals surface area (Å²) in [5.41, 5.74) is 6.42. The van der Waals surface area contributed by atoms with Gasteiger partial charge in [0.15, 0.2) is 23.0 Å². The highest BCUT2D eigenvalue weighted by atomic mass is 16.5. The number of nitrogens with one attached hydrogen (secondary N) is 2. The van der Waals surface area contributed by atoms with Crippen LogP contribution < -0.4 is 29.6 Å². The van der Waals surface area contributed by atoms with Crippen LogP contribution in [0, 0.1) is 0 Å². The SMILES string of the molecule is CC(C)(C)c1ccc2c(c1)Oc1ccccc1NCc1ccccc1OCc1cccc(n1)COc1ccccc1CNc1ccccc1O2. The highest BCUT2D eigenvalue weighted by Gasteiger charge is 2.20. The van der Waals surface area contributed by atoms with Gasteiger partial charge < -0.3 is 29.6 Å². The Hall–Kier alpha value is -5.95. The summed E-state index contributed by atoms with van der Waals surface area (Å²) >= 11 is 0. The van der Waals surface area contributed by atoms with Gasteiger partial charge in [-0.25, -0.2) is 0 Å². The number of rotatable bonds is 0. The molecule has 0 atom stereocenters. The summed E-state index contributed by atoms with van der Waals surface area (Å²) in [6.07, 6.45) is 0. The zero-order valence-corrected chi connectivity index (χ0v) is 28.6. The zero-order chi connectivity index (χ0) is 34.3. The molecule has 0 amide bonds. The number of nitrogens with zero attached hydrogens (tertiary/aromatic N) is 1. The van der Waals surface area contributed by atoms with Crippen molar-refractivity contribution in [1.82, 2.24) is 4.98 Å². The van der Waals surface area contributed by atoms with Crippen LogP contribution in [0.15, 0.2) is 133 Å². The highest BCUT2D eigenvalue weighted by Crippen LogP contribution is 2.42. The van der Waals surface area contributed by atoms with Crippen molar-refractivity contribution < 1.29 is 18.9 Å². The number of ether oxygens (including phenoxy) is 4. The molecule has 0 radical (unpaired) electrons. The number of fused-ring (bicyclic) bond motifs is 7. The Balaban J connectivity index is 1.28. The lowest BCUT2D eigenvalue weighted by molar-refractivity contribution is 0.287. The Morgan fingerprint density at radius 3 is 1.50 bits per heavy atom. The maximum absolute atomic E-state index is 6.71. The van der Waals surface area contributed by atoms with Gasteiger partial charge in [-0.15, -0.1) is 0 Å². The first-order valence-corrected chi connectivity index (χ1v) is 16.9. The van der Waals surface area contributed by atoms with Gasteiger partial charge in [-0.05, 0) is 71.6 Å². The maximum atomic E-state index is 6.71. The minimum absolute atomic E-state index is 0.0924. The predicted molar refractivity (Wildman–Crippen MR) is 199 cm³/mol. The van der Waals surface area contributed by atoms with Crippen molar-refractivity contribution in [3.63, 3.8) is 0 Å².